The minimum Gasteiger partial charge on any atom is -0.508 e. The van der Waals surface area contributed by atoms with Crippen LogP contribution < -0.4 is 5.73 Å². The molecule has 0 unspecified atom stereocenters. The summed E-state index contributed by atoms with van der Waals surface area (Å²) in [5, 5.41) is 45.6. The molecule has 0 aromatic heterocycles. The molecule has 6 rings (SSSR count). The van der Waals surface area contributed by atoms with Gasteiger partial charge in [-0.05, 0) is 81.1 Å². The number of aliphatic hydroxyl groups is 3. The number of nitrogens with two attached hydrogens (primary N) is 1. The number of hydrogen-bond donors (Lipinski definition) is 5. The third kappa shape index (κ3) is 4.22. The lowest BCUT2D eigenvalue weighted by Crippen LogP contribution is -2.65. The van der Waals surface area contributed by atoms with E-state index in [2.05, 4.69) is 17.0 Å². The molecule has 2 aromatic rings. The van der Waals surface area contributed by atoms with Crippen molar-refractivity contribution in [3.05, 3.63) is 80.1 Å². The van der Waals surface area contributed by atoms with Crippen molar-refractivity contribution in [2.75, 3.05) is 21.1 Å². The molecule has 1 fully saturated rings. The number of fused-ring (bicyclic) bond motifs is 4. The Bertz CT molecular complexity index is 1640. The molecule has 226 valence electrons. The highest BCUT2D eigenvalue weighted by Gasteiger charge is 2.64. The second-order valence-corrected chi connectivity index (χ2v) is 12.8. The highest BCUT2D eigenvalue weighted by atomic mass is 35.5. The lowest BCUT2D eigenvalue weighted by Gasteiger charge is -2.50. The third-order valence-corrected chi connectivity index (χ3v) is 10.3. The minimum absolute atomic E-state index is 0.00726. The molecule has 0 heterocycles. The van der Waals surface area contributed by atoms with Crippen LogP contribution in [-0.2, 0) is 40.2 Å². The third-order valence-electron chi connectivity index (χ3n) is 9.80. The summed E-state index contributed by atoms with van der Waals surface area (Å²) < 4.78 is 0. The topological polar surface area (TPSA) is 165 Å². The van der Waals surface area contributed by atoms with E-state index in [4.69, 9.17) is 17.3 Å². The number of hydrogen-bond acceptors (Lipinski definition) is 9. The van der Waals surface area contributed by atoms with Crippen molar-refractivity contribution in [1.82, 2.24) is 9.80 Å². The van der Waals surface area contributed by atoms with Gasteiger partial charge in [0.15, 0.2) is 11.4 Å². The van der Waals surface area contributed by atoms with Crippen molar-refractivity contribution >= 4 is 34.8 Å². The Balaban J connectivity index is 1.39. The lowest BCUT2D eigenvalue weighted by atomic mass is 9.57. The molecule has 2 aromatic carbocycles. The van der Waals surface area contributed by atoms with E-state index in [9.17, 15) is 34.8 Å². The standard InChI is InChI=1S/C32H34ClN3O7/c1-35(2)26-20-11-16-10-19-23(27(38)22(16)29(40)32(20,43)30(41)24(28(26)39)31(34)42)21(37)12-17(25(19)33)13-36(3)18-8-14-6-4-5-7-15(14)9-18/h4-7,12,16,18,20,26,37-38,41,43H,8-11,13H2,1-3H3,(H2,34,42)/t16-,20-,26-,32-/m0/s1. The number of carbonyl (C=O) groups is 3. The zero-order chi connectivity index (χ0) is 31.1. The van der Waals surface area contributed by atoms with Crippen molar-refractivity contribution in [2.24, 2.45) is 17.6 Å². The number of halogens is 1. The summed E-state index contributed by atoms with van der Waals surface area (Å²) >= 11 is 6.95. The molecule has 0 aliphatic heterocycles. The zero-order valence-electron chi connectivity index (χ0n) is 24.1. The van der Waals surface area contributed by atoms with Gasteiger partial charge < -0.3 is 26.2 Å². The maximum absolute atomic E-state index is 14.0. The number of carbonyl (C=O) groups excluding carboxylic acids is 3. The van der Waals surface area contributed by atoms with E-state index in [1.54, 1.807) is 14.1 Å². The molecule has 0 saturated heterocycles. The number of primary amides is 1. The van der Waals surface area contributed by atoms with Crippen LogP contribution in [0.3, 0.4) is 0 Å². The molecular weight excluding hydrogens is 574 g/mol. The highest BCUT2D eigenvalue weighted by Crippen LogP contribution is 2.53. The molecule has 1 saturated carbocycles. The monoisotopic (exact) mass is 607 g/mol. The van der Waals surface area contributed by atoms with Crippen LogP contribution in [0, 0.1) is 11.8 Å². The maximum Gasteiger partial charge on any atom is 0.255 e. The Morgan fingerprint density at radius 3 is 2.28 bits per heavy atom. The molecule has 0 spiro atoms. The van der Waals surface area contributed by atoms with Gasteiger partial charge in [-0.1, -0.05) is 35.9 Å². The number of amides is 1. The van der Waals surface area contributed by atoms with Gasteiger partial charge in [0.2, 0.25) is 5.78 Å². The van der Waals surface area contributed by atoms with Crippen LogP contribution in [0.25, 0.3) is 5.76 Å². The zero-order valence-corrected chi connectivity index (χ0v) is 24.9. The van der Waals surface area contributed by atoms with Gasteiger partial charge in [0.25, 0.3) is 5.91 Å². The van der Waals surface area contributed by atoms with Gasteiger partial charge in [0, 0.05) is 29.1 Å². The van der Waals surface area contributed by atoms with E-state index in [0.29, 0.717) is 22.7 Å². The number of ketones is 2. The molecular formula is C32H34ClN3O7. The fourth-order valence-electron chi connectivity index (χ4n) is 7.71. The Kier molecular flexibility index (Phi) is 6.96. The number of benzene rings is 2. The molecule has 6 N–H and O–H groups in total. The van der Waals surface area contributed by atoms with Crippen molar-refractivity contribution in [3.8, 4) is 5.75 Å². The van der Waals surface area contributed by atoms with Crippen LogP contribution in [-0.4, -0.2) is 86.5 Å². The lowest BCUT2D eigenvalue weighted by molar-refractivity contribution is -0.153. The summed E-state index contributed by atoms with van der Waals surface area (Å²) in [5.41, 5.74) is 5.39. The van der Waals surface area contributed by atoms with Crippen molar-refractivity contribution in [2.45, 2.75) is 49.9 Å². The Morgan fingerprint density at radius 2 is 1.70 bits per heavy atom. The molecule has 4 aliphatic rings. The summed E-state index contributed by atoms with van der Waals surface area (Å²) in [4.78, 5) is 43.0. The van der Waals surface area contributed by atoms with Gasteiger partial charge in [0.1, 0.15) is 22.8 Å². The number of rotatable bonds is 5. The van der Waals surface area contributed by atoms with Crippen molar-refractivity contribution < 1.29 is 34.8 Å². The maximum atomic E-state index is 14.0. The Labute approximate surface area is 253 Å². The summed E-state index contributed by atoms with van der Waals surface area (Å²) in [6.45, 7) is 0.438. The Hall–Kier alpha value is -3.70. The average molecular weight is 608 g/mol. The molecule has 0 bridgehead atoms. The summed E-state index contributed by atoms with van der Waals surface area (Å²) in [5.74, 6) is -6.87. The van der Waals surface area contributed by atoms with E-state index < -0.39 is 58.0 Å². The number of Topliss-reactive ketones (excluding diaryl/α,β-unsaturated/α-hetero) is 2. The first-order valence-corrected chi connectivity index (χ1v) is 14.6. The predicted octanol–water partition coefficient (Wildman–Crippen LogP) is 2.22. The van der Waals surface area contributed by atoms with Crippen molar-refractivity contribution in [1.29, 1.82) is 0 Å². The molecule has 4 aliphatic carbocycles. The fourth-order valence-corrected chi connectivity index (χ4v) is 7.99. The number of likely N-dealkylation sites (N-methyl/N-ethyl adjacent to an activating group) is 2. The number of phenols is 1. The average Bonchev–Trinajstić information content (AvgIpc) is 3.37. The first-order valence-electron chi connectivity index (χ1n) is 14.2. The van der Waals surface area contributed by atoms with Gasteiger partial charge in [-0.3, -0.25) is 24.2 Å². The van der Waals surface area contributed by atoms with Crippen LogP contribution >= 0.6 is 11.6 Å². The summed E-state index contributed by atoms with van der Waals surface area (Å²) in [6.07, 6.45) is 1.95. The van der Waals surface area contributed by atoms with E-state index >= 15 is 0 Å². The number of aromatic hydroxyl groups is 1. The van der Waals surface area contributed by atoms with Crippen molar-refractivity contribution in [3.63, 3.8) is 0 Å². The predicted molar refractivity (Wildman–Crippen MR) is 158 cm³/mol. The second kappa shape index (κ2) is 10.2. The normalized spacial score (nSPS) is 27.0. The summed E-state index contributed by atoms with van der Waals surface area (Å²) in [6, 6.07) is 8.91. The smallest absolute Gasteiger partial charge is 0.255 e. The first-order chi connectivity index (χ1) is 20.3. The molecule has 4 atom stereocenters. The first kappa shape index (κ1) is 29.4. The fraction of sp³-hybridized carbons (Fsp3) is 0.406. The molecule has 0 radical (unpaired) electrons. The summed E-state index contributed by atoms with van der Waals surface area (Å²) in [7, 11) is 5.13. The van der Waals surface area contributed by atoms with Gasteiger partial charge in [-0.25, -0.2) is 0 Å². The van der Waals surface area contributed by atoms with E-state index in [1.165, 1.54) is 22.1 Å². The van der Waals surface area contributed by atoms with Crippen LogP contribution in [0.2, 0.25) is 5.02 Å². The van der Waals surface area contributed by atoms with Crippen LogP contribution in [0.5, 0.6) is 5.75 Å². The number of nitrogens with zero attached hydrogens (tertiary/aromatic N) is 2. The van der Waals surface area contributed by atoms with E-state index in [-0.39, 0.29) is 35.8 Å². The SMILES string of the molecule is CN(Cc1cc(O)c2c(c1Cl)C[C@H]1C[C@H]3[C@H](N(C)C)C(=O)C(C(N)=O)=C(O)[C@@]3(O)C(=O)C1=C2O)C1Cc2ccccc2C1. The highest BCUT2D eigenvalue weighted by molar-refractivity contribution is 6.32. The van der Waals surface area contributed by atoms with E-state index in [1.807, 2.05) is 19.2 Å². The van der Waals surface area contributed by atoms with Gasteiger partial charge in [-0.15, -0.1) is 0 Å². The molecule has 43 heavy (non-hydrogen) atoms. The Morgan fingerprint density at radius 1 is 1.07 bits per heavy atom. The van der Waals surface area contributed by atoms with Gasteiger partial charge >= 0.3 is 0 Å². The van der Waals surface area contributed by atoms with E-state index in [0.717, 1.165) is 12.8 Å². The van der Waals surface area contributed by atoms with Crippen LogP contribution in [0.4, 0.5) is 0 Å². The molecule has 10 nitrogen and oxygen atoms in total. The second-order valence-electron chi connectivity index (χ2n) is 12.4. The van der Waals surface area contributed by atoms with Crippen LogP contribution in [0.15, 0.2) is 47.2 Å². The molecule has 1 amide bonds. The number of phenolic OH excluding ortho intramolecular Hbond substituents is 1. The van der Waals surface area contributed by atoms with Gasteiger partial charge in [-0.2, -0.15) is 0 Å². The largest absolute Gasteiger partial charge is 0.508 e. The van der Waals surface area contributed by atoms with Crippen LogP contribution in [0.1, 0.15) is 34.2 Å². The number of aliphatic hydroxyl groups excluding tert-OH is 2. The quantitative estimate of drug-likeness (QED) is 0.321. The molecule has 11 heteroatoms. The minimum atomic E-state index is -2.68. The van der Waals surface area contributed by atoms with Gasteiger partial charge in [0.05, 0.1) is 11.6 Å².